The summed E-state index contributed by atoms with van der Waals surface area (Å²) >= 11 is 0. The van der Waals surface area contributed by atoms with E-state index in [2.05, 4.69) is 35.3 Å². The summed E-state index contributed by atoms with van der Waals surface area (Å²) < 4.78 is 0. The van der Waals surface area contributed by atoms with Gasteiger partial charge in [0.15, 0.2) is 0 Å². The van der Waals surface area contributed by atoms with Crippen LogP contribution in [0.25, 0.3) is 5.57 Å². The van der Waals surface area contributed by atoms with Gasteiger partial charge in [0.25, 0.3) is 0 Å². The Kier molecular flexibility index (Phi) is 4.14. The molecule has 4 heteroatoms. The van der Waals surface area contributed by atoms with Gasteiger partial charge in [-0.05, 0) is 58.5 Å². The average molecular weight is 379 g/mol. The van der Waals surface area contributed by atoms with Crippen molar-refractivity contribution in [3.63, 3.8) is 0 Å². The van der Waals surface area contributed by atoms with E-state index in [4.69, 9.17) is 10.7 Å². The minimum absolute atomic E-state index is 0.450. The van der Waals surface area contributed by atoms with Crippen LogP contribution < -0.4 is 5.73 Å². The van der Waals surface area contributed by atoms with E-state index in [1.165, 1.54) is 0 Å². The highest BCUT2D eigenvalue weighted by Crippen LogP contribution is 2.46. The Bertz CT molecular complexity index is 1160. The predicted octanol–water partition coefficient (Wildman–Crippen LogP) is 3.80. The van der Waals surface area contributed by atoms with E-state index < -0.39 is 11.6 Å². The van der Waals surface area contributed by atoms with Crippen LogP contribution >= 0.6 is 0 Å². The second-order valence-electron chi connectivity index (χ2n) is 7.40. The van der Waals surface area contributed by atoms with Crippen LogP contribution in [0.5, 0.6) is 0 Å². The first-order valence-corrected chi connectivity index (χ1v) is 9.71. The summed E-state index contributed by atoms with van der Waals surface area (Å²) in [6.45, 7) is 0. The van der Waals surface area contributed by atoms with Gasteiger partial charge in [-0.1, -0.05) is 54.6 Å². The monoisotopic (exact) mass is 379 g/mol. The van der Waals surface area contributed by atoms with E-state index in [0.29, 0.717) is 12.3 Å². The molecule has 2 aromatic carbocycles. The van der Waals surface area contributed by atoms with Crippen molar-refractivity contribution in [3.8, 4) is 0 Å². The molecule has 2 atom stereocenters. The van der Waals surface area contributed by atoms with Gasteiger partial charge in [0.05, 0.1) is 6.10 Å². The minimum atomic E-state index is -0.725. The number of pyridine rings is 1. The molecule has 0 saturated carbocycles. The zero-order valence-electron chi connectivity index (χ0n) is 15.9. The number of fused-ring (bicyclic) bond motifs is 1. The maximum absolute atomic E-state index is 10.0. The highest BCUT2D eigenvalue weighted by atomic mass is 16.3. The van der Waals surface area contributed by atoms with Gasteiger partial charge in [0.2, 0.25) is 0 Å². The highest BCUT2D eigenvalue weighted by Gasteiger charge is 2.42. The summed E-state index contributed by atoms with van der Waals surface area (Å²) in [5.41, 5.74) is 11.8. The molecule has 29 heavy (non-hydrogen) atoms. The van der Waals surface area contributed by atoms with Crippen molar-refractivity contribution in [3.05, 3.63) is 119 Å². The first-order valence-electron chi connectivity index (χ1n) is 9.71. The lowest BCUT2D eigenvalue weighted by atomic mass is 9.77. The third kappa shape index (κ3) is 2.80. The molecule has 142 valence electrons. The molecule has 2 aliphatic rings. The van der Waals surface area contributed by atoms with E-state index in [-0.39, 0.29) is 0 Å². The van der Waals surface area contributed by atoms with Crippen molar-refractivity contribution < 1.29 is 5.11 Å². The van der Waals surface area contributed by atoms with Gasteiger partial charge in [0, 0.05) is 18.0 Å². The molecular formula is C25H21N3O. The normalized spacial score (nSPS) is 22.7. The predicted molar refractivity (Wildman–Crippen MR) is 115 cm³/mol. The third-order valence-corrected chi connectivity index (χ3v) is 5.64. The van der Waals surface area contributed by atoms with Crippen LogP contribution in [0.4, 0.5) is 0 Å². The molecule has 3 N–H and O–H groups in total. The fourth-order valence-corrected chi connectivity index (χ4v) is 4.30. The number of allylic oxidation sites excluding steroid dienone is 2. The number of aliphatic imine (C=N–C) groups is 1. The van der Waals surface area contributed by atoms with E-state index >= 15 is 0 Å². The lowest BCUT2D eigenvalue weighted by Crippen LogP contribution is -2.25. The molecule has 2 unspecified atom stereocenters. The Balaban J connectivity index is 1.75. The second-order valence-corrected chi connectivity index (χ2v) is 7.40. The fraction of sp³-hybridized carbons (Fsp3) is 0.120. The number of aliphatic hydroxyl groups excluding tert-OH is 1. The van der Waals surface area contributed by atoms with Gasteiger partial charge in [-0.3, -0.25) is 4.98 Å². The smallest absolute Gasteiger partial charge is 0.139 e. The van der Waals surface area contributed by atoms with Gasteiger partial charge in [-0.25, -0.2) is 4.99 Å². The zero-order chi connectivity index (χ0) is 19.8. The van der Waals surface area contributed by atoms with E-state index in [0.717, 1.165) is 33.4 Å². The molecule has 3 aromatic rings. The van der Waals surface area contributed by atoms with Gasteiger partial charge in [-0.2, -0.15) is 0 Å². The highest BCUT2D eigenvalue weighted by molar-refractivity contribution is 6.03. The van der Waals surface area contributed by atoms with Gasteiger partial charge >= 0.3 is 0 Å². The third-order valence-electron chi connectivity index (χ3n) is 5.64. The van der Waals surface area contributed by atoms with Crippen LogP contribution in [0.15, 0.2) is 96.3 Å². The molecule has 1 aliphatic carbocycles. The molecule has 1 aliphatic heterocycles. The van der Waals surface area contributed by atoms with Gasteiger partial charge in [0.1, 0.15) is 11.4 Å². The Morgan fingerprint density at radius 3 is 2.62 bits per heavy atom. The largest absolute Gasteiger partial charge is 0.389 e. The molecule has 4 nitrogen and oxygen atoms in total. The summed E-state index contributed by atoms with van der Waals surface area (Å²) in [6, 6.07) is 20.4. The quantitative estimate of drug-likeness (QED) is 0.727. The van der Waals surface area contributed by atoms with Crippen LogP contribution in [-0.2, 0) is 5.54 Å². The lowest BCUT2D eigenvalue weighted by Gasteiger charge is -2.29. The van der Waals surface area contributed by atoms with Gasteiger partial charge in [-0.15, -0.1) is 0 Å². The number of benzene rings is 2. The number of nitrogens with two attached hydrogens (primary N) is 1. The molecule has 0 saturated heterocycles. The maximum atomic E-state index is 10.0. The zero-order valence-corrected chi connectivity index (χ0v) is 15.9. The number of aromatic nitrogens is 1. The van der Waals surface area contributed by atoms with E-state index in [9.17, 15) is 5.11 Å². The first-order chi connectivity index (χ1) is 14.2. The molecule has 0 bridgehead atoms. The van der Waals surface area contributed by atoms with Gasteiger partial charge < -0.3 is 10.8 Å². The second kappa shape index (κ2) is 6.83. The molecular weight excluding hydrogens is 358 g/mol. The topological polar surface area (TPSA) is 71.5 Å². The van der Waals surface area contributed by atoms with E-state index in [1.54, 1.807) is 12.4 Å². The van der Waals surface area contributed by atoms with Crippen molar-refractivity contribution >= 4 is 11.4 Å². The summed E-state index contributed by atoms with van der Waals surface area (Å²) in [6.07, 6.45) is 9.75. The first kappa shape index (κ1) is 17.6. The number of rotatable bonds is 3. The van der Waals surface area contributed by atoms with Crippen molar-refractivity contribution in [2.24, 2.45) is 10.7 Å². The fourth-order valence-electron chi connectivity index (χ4n) is 4.30. The maximum Gasteiger partial charge on any atom is 0.139 e. The van der Waals surface area contributed by atoms with Crippen LogP contribution in [0.2, 0.25) is 0 Å². The van der Waals surface area contributed by atoms with Crippen molar-refractivity contribution in [1.29, 1.82) is 0 Å². The molecule has 0 amide bonds. The van der Waals surface area contributed by atoms with E-state index in [1.807, 2.05) is 48.6 Å². The number of aliphatic hydroxyl groups is 1. The van der Waals surface area contributed by atoms with Crippen molar-refractivity contribution in [1.82, 2.24) is 4.98 Å². The molecule has 0 spiro atoms. The van der Waals surface area contributed by atoms with Crippen LogP contribution in [0.3, 0.4) is 0 Å². The lowest BCUT2D eigenvalue weighted by molar-refractivity contribution is 0.226. The number of hydrogen-bond acceptors (Lipinski definition) is 4. The van der Waals surface area contributed by atoms with Crippen LogP contribution in [-0.4, -0.2) is 22.0 Å². The summed E-state index contributed by atoms with van der Waals surface area (Å²) in [4.78, 5) is 9.20. The number of amidine groups is 1. The summed E-state index contributed by atoms with van der Waals surface area (Å²) in [7, 11) is 0. The van der Waals surface area contributed by atoms with Crippen molar-refractivity contribution in [2.45, 2.75) is 18.1 Å². The Morgan fingerprint density at radius 1 is 0.966 bits per heavy atom. The molecule has 5 rings (SSSR count). The Morgan fingerprint density at radius 2 is 1.79 bits per heavy atom. The molecule has 2 heterocycles. The Labute approximate surface area is 169 Å². The minimum Gasteiger partial charge on any atom is -0.389 e. The van der Waals surface area contributed by atoms with Crippen LogP contribution in [0, 0.1) is 0 Å². The summed E-state index contributed by atoms with van der Waals surface area (Å²) in [5, 5.41) is 10.0. The average Bonchev–Trinajstić information content (AvgIpc) is 3.08. The Hall–Kier alpha value is -3.50. The molecule has 0 fully saturated rings. The molecule has 1 aromatic heterocycles. The SMILES string of the molecule is NC1=NC(c2ccncc2)(c2cccc(C3=CC(O)CC=C3)c2)c2ccccc21. The standard InChI is InChI=1S/C25H21N3O/c26-24-22-9-1-2-10-23(22)25(28-24,19-11-13-27-14-12-19)20-7-3-5-17(15-20)18-6-4-8-21(29)16-18/h1-7,9-16,21,29H,8H2,(H2,26,28). The van der Waals surface area contributed by atoms with Crippen LogP contribution in [0.1, 0.15) is 34.2 Å². The number of nitrogens with zero attached hydrogens (tertiary/aromatic N) is 2. The summed E-state index contributed by atoms with van der Waals surface area (Å²) in [5.74, 6) is 0.537. The molecule has 0 radical (unpaired) electrons. The van der Waals surface area contributed by atoms with Crippen molar-refractivity contribution in [2.75, 3.05) is 0 Å². The number of hydrogen-bond donors (Lipinski definition) is 2.